The molecule has 124 valence electrons. The third kappa shape index (κ3) is 2.97. The number of nitrogens with zero attached hydrogens (tertiary/aromatic N) is 5. The Morgan fingerprint density at radius 2 is 1.91 bits per heavy atom. The van der Waals surface area contributed by atoms with Crippen LogP contribution in [0.25, 0.3) is 10.2 Å². The van der Waals surface area contributed by atoms with Gasteiger partial charge in [0.2, 0.25) is 12.4 Å². The Balaban J connectivity index is 2.00. The summed E-state index contributed by atoms with van der Waals surface area (Å²) >= 11 is 1.68. The second-order valence-electron chi connectivity index (χ2n) is 5.75. The smallest absolute Gasteiger partial charge is 0.228 e. The van der Waals surface area contributed by atoms with E-state index in [1.165, 1.54) is 10.9 Å². The maximum absolute atomic E-state index is 10.9. The van der Waals surface area contributed by atoms with Gasteiger partial charge in [0.1, 0.15) is 10.6 Å². The first-order chi connectivity index (χ1) is 11.2. The molecule has 1 fully saturated rings. The van der Waals surface area contributed by atoms with Crippen LogP contribution in [0.3, 0.4) is 0 Å². The van der Waals surface area contributed by atoms with Gasteiger partial charge in [-0.15, -0.1) is 11.3 Å². The summed E-state index contributed by atoms with van der Waals surface area (Å²) in [5, 5.41) is 3.33. The van der Waals surface area contributed by atoms with Gasteiger partial charge in [0, 0.05) is 39.3 Å². The summed E-state index contributed by atoms with van der Waals surface area (Å²) in [6, 6.07) is 0. The van der Waals surface area contributed by atoms with E-state index in [2.05, 4.69) is 36.0 Å². The summed E-state index contributed by atoms with van der Waals surface area (Å²) in [6.07, 6.45) is 0.922. The number of anilines is 2. The molecule has 3 heterocycles. The molecule has 0 atom stereocenters. The normalized spacial score (nSPS) is 15.3. The number of hydrogen-bond donors (Lipinski definition) is 0. The molecule has 1 aliphatic rings. The van der Waals surface area contributed by atoms with Crippen molar-refractivity contribution in [1.82, 2.24) is 14.9 Å². The van der Waals surface area contributed by atoms with Crippen LogP contribution in [0, 0.1) is 6.92 Å². The zero-order valence-electron chi connectivity index (χ0n) is 13.9. The lowest BCUT2D eigenvalue weighted by Gasteiger charge is -2.33. The van der Waals surface area contributed by atoms with Crippen molar-refractivity contribution in [2.75, 3.05) is 49.1 Å². The maximum Gasteiger partial charge on any atom is 0.228 e. The molecule has 1 amide bonds. The highest BCUT2D eigenvalue weighted by molar-refractivity contribution is 7.17. The van der Waals surface area contributed by atoms with E-state index in [1.807, 2.05) is 0 Å². The minimum atomic E-state index is 0.731. The summed E-state index contributed by atoms with van der Waals surface area (Å²) in [5.74, 6) is 1.82. The van der Waals surface area contributed by atoms with Crippen LogP contribution in [-0.2, 0) is 4.79 Å². The molecular formula is C16H23N5OS. The third-order valence-corrected chi connectivity index (χ3v) is 5.39. The van der Waals surface area contributed by atoms with Crippen LogP contribution >= 0.6 is 11.3 Å². The SMILES string of the molecule is CCN(CC)c1nc(N2CCN(C=O)CC2)nc2scc(C)c12. The largest absolute Gasteiger partial charge is 0.356 e. The Hall–Kier alpha value is -1.89. The van der Waals surface area contributed by atoms with Gasteiger partial charge >= 0.3 is 0 Å². The van der Waals surface area contributed by atoms with E-state index in [4.69, 9.17) is 9.97 Å². The standard InChI is InChI=1S/C16H23N5OS/c1-4-20(5-2)14-13-12(3)10-23-15(13)18-16(17-14)21-8-6-19(11-22)7-9-21/h10-11H,4-9H2,1-3H3. The molecule has 0 saturated carbocycles. The second-order valence-corrected chi connectivity index (χ2v) is 6.60. The van der Waals surface area contributed by atoms with Gasteiger partial charge in [0.05, 0.1) is 5.39 Å². The number of rotatable bonds is 5. The van der Waals surface area contributed by atoms with Crippen LogP contribution in [0.5, 0.6) is 0 Å². The molecule has 0 aromatic carbocycles. The predicted octanol–water partition coefficient (Wildman–Crippen LogP) is 2.12. The molecule has 0 bridgehead atoms. The number of thiophene rings is 1. The number of hydrogen-bond acceptors (Lipinski definition) is 6. The van der Waals surface area contributed by atoms with Crippen molar-refractivity contribution in [2.24, 2.45) is 0 Å². The Kier molecular flexibility index (Phi) is 4.66. The number of aromatic nitrogens is 2. The second kappa shape index (κ2) is 6.70. The van der Waals surface area contributed by atoms with E-state index in [-0.39, 0.29) is 0 Å². The average Bonchev–Trinajstić information content (AvgIpc) is 2.97. The van der Waals surface area contributed by atoms with Gasteiger partial charge in [0.15, 0.2) is 0 Å². The lowest BCUT2D eigenvalue weighted by molar-refractivity contribution is -0.118. The summed E-state index contributed by atoms with van der Waals surface area (Å²) in [5.41, 5.74) is 1.24. The Labute approximate surface area is 140 Å². The molecule has 1 aliphatic heterocycles. The lowest BCUT2D eigenvalue weighted by atomic mass is 10.2. The van der Waals surface area contributed by atoms with Gasteiger partial charge in [-0.3, -0.25) is 4.79 Å². The topological polar surface area (TPSA) is 52.6 Å². The van der Waals surface area contributed by atoms with E-state index < -0.39 is 0 Å². The van der Waals surface area contributed by atoms with Crippen molar-refractivity contribution in [3.63, 3.8) is 0 Å². The fourth-order valence-corrected chi connectivity index (χ4v) is 3.88. The predicted molar refractivity (Wildman–Crippen MR) is 95.6 cm³/mol. The number of aryl methyl sites for hydroxylation is 1. The molecule has 2 aromatic heterocycles. The zero-order valence-corrected chi connectivity index (χ0v) is 14.8. The van der Waals surface area contributed by atoms with Gasteiger partial charge in [0.25, 0.3) is 0 Å². The number of fused-ring (bicyclic) bond motifs is 1. The lowest BCUT2D eigenvalue weighted by Crippen LogP contribution is -2.46. The maximum atomic E-state index is 10.9. The van der Waals surface area contributed by atoms with Crippen molar-refractivity contribution in [1.29, 1.82) is 0 Å². The Bertz CT molecular complexity index is 689. The summed E-state index contributed by atoms with van der Waals surface area (Å²) in [4.78, 5) is 27.9. The number of carbonyl (C=O) groups excluding carboxylic acids is 1. The van der Waals surface area contributed by atoms with E-state index in [0.29, 0.717) is 0 Å². The van der Waals surface area contributed by atoms with Crippen LogP contribution in [0.1, 0.15) is 19.4 Å². The Morgan fingerprint density at radius 1 is 1.22 bits per heavy atom. The number of carbonyl (C=O) groups is 1. The van der Waals surface area contributed by atoms with Crippen LogP contribution in [0.2, 0.25) is 0 Å². The third-order valence-electron chi connectivity index (χ3n) is 4.40. The average molecular weight is 333 g/mol. The highest BCUT2D eigenvalue weighted by atomic mass is 32.1. The summed E-state index contributed by atoms with van der Waals surface area (Å²) < 4.78 is 0. The number of amides is 1. The van der Waals surface area contributed by atoms with Crippen LogP contribution in [0.4, 0.5) is 11.8 Å². The molecule has 0 unspecified atom stereocenters. The van der Waals surface area contributed by atoms with E-state index in [9.17, 15) is 4.79 Å². The van der Waals surface area contributed by atoms with Crippen molar-refractivity contribution < 1.29 is 4.79 Å². The van der Waals surface area contributed by atoms with E-state index in [0.717, 1.165) is 62.3 Å². The first-order valence-corrected chi connectivity index (χ1v) is 9.01. The van der Waals surface area contributed by atoms with Crippen LogP contribution in [0.15, 0.2) is 5.38 Å². The minimum Gasteiger partial charge on any atom is -0.356 e. The molecule has 0 spiro atoms. The van der Waals surface area contributed by atoms with Crippen molar-refractivity contribution >= 4 is 39.7 Å². The molecule has 0 aliphatic carbocycles. The van der Waals surface area contributed by atoms with Gasteiger partial charge in [-0.05, 0) is 31.7 Å². The van der Waals surface area contributed by atoms with Crippen molar-refractivity contribution in [3.8, 4) is 0 Å². The van der Waals surface area contributed by atoms with Gasteiger partial charge in [-0.25, -0.2) is 4.98 Å². The zero-order chi connectivity index (χ0) is 16.4. The fraction of sp³-hybridized carbons (Fsp3) is 0.562. The van der Waals surface area contributed by atoms with Crippen LogP contribution < -0.4 is 9.80 Å². The molecular weight excluding hydrogens is 310 g/mol. The summed E-state index contributed by atoms with van der Waals surface area (Å²) in [7, 11) is 0. The fourth-order valence-electron chi connectivity index (χ4n) is 2.97. The van der Waals surface area contributed by atoms with Crippen LogP contribution in [-0.4, -0.2) is 60.5 Å². The van der Waals surface area contributed by atoms with Gasteiger partial charge in [-0.1, -0.05) is 0 Å². The molecule has 1 saturated heterocycles. The molecule has 0 N–H and O–H groups in total. The molecule has 3 rings (SSSR count). The Morgan fingerprint density at radius 3 is 2.52 bits per heavy atom. The highest BCUT2D eigenvalue weighted by Crippen LogP contribution is 2.33. The first kappa shape index (κ1) is 16.0. The van der Waals surface area contributed by atoms with Crippen molar-refractivity contribution in [3.05, 3.63) is 10.9 Å². The molecule has 6 nitrogen and oxygen atoms in total. The summed E-state index contributed by atoms with van der Waals surface area (Å²) in [6.45, 7) is 11.3. The van der Waals surface area contributed by atoms with E-state index >= 15 is 0 Å². The molecule has 0 radical (unpaired) electrons. The van der Waals surface area contributed by atoms with Gasteiger partial charge in [-0.2, -0.15) is 4.98 Å². The highest BCUT2D eigenvalue weighted by Gasteiger charge is 2.22. The molecule has 23 heavy (non-hydrogen) atoms. The number of piperazine rings is 1. The van der Waals surface area contributed by atoms with Crippen molar-refractivity contribution in [2.45, 2.75) is 20.8 Å². The first-order valence-electron chi connectivity index (χ1n) is 8.13. The van der Waals surface area contributed by atoms with Gasteiger partial charge < -0.3 is 14.7 Å². The quantitative estimate of drug-likeness (QED) is 0.785. The van der Waals surface area contributed by atoms with E-state index in [1.54, 1.807) is 16.2 Å². The monoisotopic (exact) mass is 333 g/mol. The molecule has 2 aromatic rings. The minimum absolute atomic E-state index is 0.731. The molecule has 7 heteroatoms.